The van der Waals surface area contributed by atoms with E-state index < -0.39 is 0 Å². The van der Waals surface area contributed by atoms with Gasteiger partial charge in [0.15, 0.2) is 5.13 Å². The number of tetrazole rings is 1. The number of anilines is 2. The predicted molar refractivity (Wildman–Crippen MR) is 92.2 cm³/mol. The van der Waals surface area contributed by atoms with E-state index in [1.54, 1.807) is 23.1 Å². The first kappa shape index (κ1) is 14.6. The van der Waals surface area contributed by atoms with E-state index in [-0.39, 0.29) is 0 Å². The molecule has 1 aromatic carbocycles. The molecule has 6 nitrogen and oxygen atoms in total. The number of benzene rings is 1. The molecule has 2 heterocycles. The third-order valence-electron chi connectivity index (χ3n) is 3.56. The lowest BCUT2D eigenvalue weighted by Crippen LogP contribution is -1.98. The zero-order valence-corrected chi connectivity index (χ0v) is 14.3. The van der Waals surface area contributed by atoms with E-state index in [9.17, 15) is 0 Å². The Kier molecular flexibility index (Phi) is 4.00. The van der Waals surface area contributed by atoms with Gasteiger partial charge in [-0.25, -0.2) is 9.67 Å². The van der Waals surface area contributed by atoms with E-state index in [0.717, 1.165) is 27.4 Å². The fraction of sp³-hybridized carbons (Fsp3) is 0.333. The van der Waals surface area contributed by atoms with Crippen molar-refractivity contribution in [3.8, 4) is 0 Å². The highest BCUT2D eigenvalue weighted by atomic mass is 32.2. The van der Waals surface area contributed by atoms with Crippen molar-refractivity contribution in [2.45, 2.75) is 36.7 Å². The van der Waals surface area contributed by atoms with Gasteiger partial charge < -0.3 is 5.32 Å². The summed E-state index contributed by atoms with van der Waals surface area (Å²) in [4.78, 5) is 4.63. The van der Waals surface area contributed by atoms with Gasteiger partial charge in [-0.15, -0.1) is 16.4 Å². The third-order valence-corrected chi connectivity index (χ3v) is 5.33. The Morgan fingerprint density at radius 1 is 1.30 bits per heavy atom. The van der Waals surface area contributed by atoms with Crippen LogP contribution in [0.2, 0.25) is 0 Å². The Balaban J connectivity index is 1.38. The summed E-state index contributed by atoms with van der Waals surface area (Å²) < 4.78 is 1.93. The summed E-state index contributed by atoms with van der Waals surface area (Å²) in [7, 11) is 0. The van der Waals surface area contributed by atoms with Crippen molar-refractivity contribution < 1.29 is 0 Å². The Bertz CT molecular complexity index is 790. The van der Waals surface area contributed by atoms with Crippen LogP contribution in [0.15, 0.2) is 34.8 Å². The van der Waals surface area contributed by atoms with Crippen LogP contribution in [0.25, 0.3) is 0 Å². The van der Waals surface area contributed by atoms with Gasteiger partial charge in [-0.1, -0.05) is 29.5 Å². The largest absolute Gasteiger partial charge is 0.332 e. The molecule has 0 spiro atoms. The normalized spacial score (nSPS) is 14.1. The van der Waals surface area contributed by atoms with Gasteiger partial charge in [0.1, 0.15) is 0 Å². The van der Waals surface area contributed by atoms with Crippen LogP contribution in [-0.4, -0.2) is 25.2 Å². The smallest absolute Gasteiger partial charge is 0.209 e. The highest BCUT2D eigenvalue weighted by Crippen LogP contribution is 2.37. The molecule has 0 radical (unpaired) electrons. The lowest BCUT2D eigenvalue weighted by molar-refractivity contribution is 0.565. The molecule has 0 aliphatic heterocycles. The average Bonchev–Trinajstić information content (AvgIpc) is 3.12. The van der Waals surface area contributed by atoms with E-state index in [1.807, 2.05) is 4.68 Å². The fourth-order valence-corrected chi connectivity index (χ4v) is 3.83. The van der Waals surface area contributed by atoms with Crippen LogP contribution in [0.3, 0.4) is 0 Å². The number of nitrogens with zero attached hydrogens (tertiary/aromatic N) is 5. The molecule has 1 aliphatic carbocycles. The highest BCUT2D eigenvalue weighted by Gasteiger charge is 2.27. The van der Waals surface area contributed by atoms with E-state index in [4.69, 9.17) is 0 Å². The van der Waals surface area contributed by atoms with E-state index in [2.05, 4.69) is 62.4 Å². The fourth-order valence-electron chi connectivity index (χ4n) is 2.16. The molecule has 23 heavy (non-hydrogen) atoms. The molecular weight excluding hydrogens is 328 g/mol. The maximum atomic E-state index is 4.63. The quantitative estimate of drug-likeness (QED) is 0.686. The molecular formula is C15H16N6S2. The second kappa shape index (κ2) is 6.29. The molecule has 1 saturated carbocycles. The molecule has 4 rings (SSSR count). The standard InChI is InChI=1S/C15H16N6S2/c1-10-2-4-11(5-3-10)16-14-17-12(8-22-14)9-23-15-18-19-20-21(15)13-6-7-13/h2-5,8,13H,6-7,9H2,1H3,(H,16,17). The van der Waals surface area contributed by atoms with Gasteiger partial charge in [-0.05, 0) is 42.3 Å². The summed E-state index contributed by atoms with van der Waals surface area (Å²) in [6.07, 6.45) is 2.36. The number of thiazole rings is 1. The molecule has 1 aliphatic rings. The maximum Gasteiger partial charge on any atom is 0.209 e. The van der Waals surface area contributed by atoms with Crippen molar-refractivity contribution in [2.24, 2.45) is 0 Å². The molecule has 8 heteroatoms. The summed E-state index contributed by atoms with van der Waals surface area (Å²) in [5.41, 5.74) is 3.35. The van der Waals surface area contributed by atoms with Gasteiger partial charge in [0.05, 0.1) is 11.7 Å². The zero-order valence-electron chi connectivity index (χ0n) is 12.6. The van der Waals surface area contributed by atoms with Gasteiger partial charge in [0.25, 0.3) is 0 Å². The van der Waals surface area contributed by atoms with Crippen LogP contribution in [0.1, 0.15) is 30.1 Å². The van der Waals surface area contributed by atoms with Crippen molar-refractivity contribution in [1.82, 2.24) is 25.2 Å². The number of thioether (sulfide) groups is 1. The minimum Gasteiger partial charge on any atom is -0.332 e. The third kappa shape index (κ3) is 3.53. The molecule has 3 aromatic rings. The van der Waals surface area contributed by atoms with Crippen LogP contribution in [0, 0.1) is 6.92 Å². The van der Waals surface area contributed by atoms with Crippen molar-refractivity contribution >= 4 is 33.9 Å². The van der Waals surface area contributed by atoms with E-state index in [1.165, 1.54) is 18.4 Å². The first-order valence-electron chi connectivity index (χ1n) is 7.47. The maximum absolute atomic E-state index is 4.63. The minimum absolute atomic E-state index is 0.502. The van der Waals surface area contributed by atoms with E-state index in [0.29, 0.717) is 6.04 Å². The number of aryl methyl sites for hydroxylation is 1. The molecule has 118 valence electrons. The molecule has 1 N–H and O–H groups in total. The van der Waals surface area contributed by atoms with E-state index >= 15 is 0 Å². The van der Waals surface area contributed by atoms with Crippen LogP contribution in [-0.2, 0) is 5.75 Å². The summed E-state index contributed by atoms with van der Waals surface area (Å²) in [5.74, 6) is 0.777. The van der Waals surface area contributed by atoms with Crippen molar-refractivity contribution in [2.75, 3.05) is 5.32 Å². The van der Waals surface area contributed by atoms with Gasteiger partial charge in [-0.3, -0.25) is 0 Å². The lowest BCUT2D eigenvalue weighted by atomic mass is 10.2. The first-order chi connectivity index (χ1) is 11.3. The topological polar surface area (TPSA) is 68.5 Å². The SMILES string of the molecule is Cc1ccc(Nc2nc(CSc3nnnn3C3CC3)cs2)cc1. The Labute approximate surface area is 142 Å². The molecule has 1 fully saturated rings. The Hall–Kier alpha value is -1.93. The zero-order chi connectivity index (χ0) is 15.6. The minimum atomic E-state index is 0.502. The number of hydrogen-bond donors (Lipinski definition) is 1. The monoisotopic (exact) mass is 344 g/mol. The van der Waals surface area contributed by atoms with Gasteiger partial charge in [0.2, 0.25) is 5.16 Å². The van der Waals surface area contributed by atoms with Crippen molar-refractivity contribution in [3.63, 3.8) is 0 Å². The molecule has 0 unspecified atom stereocenters. The van der Waals surface area contributed by atoms with Crippen LogP contribution >= 0.6 is 23.1 Å². The van der Waals surface area contributed by atoms with Crippen molar-refractivity contribution in [3.05, 3.63) is 40.9 Å². The Morgan fingerprint density at radius 2 is 2.13 bits per heavy atom. The highest BCUT2D eigenvalue weighted by molar-refractivity contribution is 7.98. The second-order valence-electron chi connectivity index (χ2n) is 5.56. The number of aromatic nitrogens is 5. The lowest BCUT2D eigenvalue weighted by Gasteiger charge is -2.02. The molecule has 0 bridgehead atoms. The number of nitrogens with one attached hydrogen (secondary N) is 1. The van der Waals surface area contributed by atoms with Gasteiger partial charge >= 0.3 is 0 Å². The summed E-state index contributed by atoms with van der Waals surface area (Å²) in [6, 6.07) is 8.81. The van der Waals surface area contributed by atoms with Crippen LogP contribution < -0.4 is 5.32 Å². The first-order valence-corrected chi connectivity index (χ1v) is 9.33. The average molecular weight is 344 g/mol. The predicted octanol–water partition coefficient (Wildman–Crippen LogP) is 3.81. The Morgan fingerprint density at radius 3 is 2.91 bits per heavy atom. The number of hydrogen-bond acceptors (Lipinski definition) is 7. The number of rotatable bonds is 6. The molecule has 0 atom stereocenters. The molecule has 0 amide bonds. The molecule has 2 aromatic heterocycles. The summed E-state index contributed by atoms with van der Waals surface area (Å²) >= 11 is 3.25. The van der Waals surface area contributed by atoms with Gasteiger partial charge in [-0.2, -0.15) is 0 Å². The van der Waals surface area contributed by atoms with Gasteiger partial charge in [0, 0.05) is 16.8 Å². The second-order valence-corrected chi connectivity index (χ2v) is 7.36. The summed E-state index contributed by atoms with van der Waals surface area (Å²) in [5, 5.41) is 19.1. The molecule has 0 saturated heterocycles. The van der Waals surface area contributed by atoms with Crippen molar-refractivity contribution in [1.29, 1.82) is 0 Å². The van der Waals surface area contributed by atoms with Crippen LogP contribution in [0.4, 0.5) is 10.8 Å². The van der Waals surface area contributed by atoms with Crippen LogP contribution in [0.5, 0.6) is 0 Å². The summed E-state index contributed by atoms with van der Waals surface area (Å²) in [6.45, 7) is 2.08.